The van der Waals surface area contributed by atoms with E-state index < -0.39 is 10.0 Å². The molecule has 15 heavy (non-hydrogen) atoms. The van der Waals surface area contributed by atoms with E-state index in [0.29, 0.717) is 18.8 Å². The summed E-state index contributed by atoms with van der Waals surface area (Å²) in [4.78, 5) is 4.13. The van der Waals surface area contributed by atoms with Crippen molar-refractivity contribution < 1.29 is 8.42 Å². The third-order valence-corrected chi connectivity index (χ3v) is 2.93. The van der Waals surface area contributed by atoms with Gasteiger partial charge in [-0.05, 0) is 34.5 Å². The average molecular weight is 294 g/mol. The van der Waals surface area contributed by atoms with E-state index in [2.05, 4.69) is 26.2 Å². The van der Waals surface area contributed by atoms with Crippen LogP contribution in [-0.2, 0) is 10.0 Å². The molecule has 1 aromatic heterocycles. The summed E-state index contributed by atoms with van der Waals surface area (Å²) < 4.78 is 22.0. The van der Waals surface area contributed by atoms with Crippen LogP contribution < -0.4 is 10.5 Å². The fourth-order valence-corrected chi connectivity index (χ4v) is 1.89. The predicted molar refractivity (Wildman–Crippen MR) is 63.0 cm³/mol. The largest absolute Gasteiger partial charge is 0.370 e. The molecule has 0 saturated carbocycles. The third kappa shape index (κ3) is 5.71. The van der Waals surface area contributed by atoms with Gasteiger partial charge in [0.1, 0.15) is 10.4 Å². The van der Waals surface area contributed by atoms with Crippen molar-refractivity contribution in [3.05, 3.63) is 22.8 Å². The van der Waals surface area contributed by atoms with Crippen molar-refractivity contribution in [2.75, 3.05) is 17.6 Å². The second kappa shape index (κ2) is 5.43. The molecule has 0 radical (unpaired) electrons. The van der Waals surface area contributed by atoms with Crippen molar-refractivity contribution >= 4 is 31.8 Å². The molecule has 0 aromatic carbocycles. The van der Waals surface area contributed by atoms with Crippen LogP contribution in [-0.4, -0.2) is 25.7 Å². The summed E-state index contributed by atoms with van der Waals surface area (Å²) in [6.07, 6.45) is 0.465. The summed E-state index contributed by atoms with van der Waals surface area (Å²) in [5, 5.41) is 7.86. The minimum absolute atomic E-state index is 0.0198. The number of primary sulfonamides is 1. The highest BCUT2D eigenvalue weighted by Crippen LogP contribution is 2.09. The Hall–Kier alpha value is -0.660. The smallest absolute Gasteiger partial charge is 0.209 e. The van der Waals surface area contributed by atoms with Crippen LogP contribution >= 0.6 is 15.9 Å². The van der Waals surface area contributed by atoms with Gasteiger partial charge in [0.15, 0.2) is 0 Å². The number of nitrogens with one attached hydrogen (secondary N) is 1. The number of hydrogen-bond acceptors (Lipinski definition) is 4. The number of sulfonamides is 1. The van der Waals surface area contributed by atoms with Crippen molar-refractivity contribution in [1.29, 1.82) is 0 Å². The molecule has 5 nitrogen and oxygen atoms in total. The molecule has 0 aliphatic rings. The number of rotatable bonds is 5. The van der Waals surface area contributed by atoms with Crippen molar-refractivity contribution in [2.24, 2.45) is 5.14 Å². The molecule has 84 valence electrons. The van der Waals surface area contributed by atoms with Crippen molar-refractivity contribution in [3.63, 3.8) is 0 Å². The molecule has 0 aliphatic heterocycles. The minimum Gasteiger partial charge on any atom is -0.370 e. The van der Waals surface area contributed by atoms with Crippen molar-refractivity contribution in [3.8, 4) is 0 Å². The molecule has 0 aliphatic carbocycles. The van der Waals surface area contributed by atoms with Gasteiger partial charge in [0, 0.05) is 6.54 Å². The molecule has 0 atom stereocenters. The van der Waals surface area contributed by atoms with Gasteiger partial charge in [-0.2, -0.15) is 0 Å². The zero-order valence-electron chi connectivity index (χ0n) is 7.98. The standard InChI is InChI=1S/C8H12BrN3O2S/c9-7-3-1-4-8(12-7)11-5-2-6-15(10,13)14/h1,3-4H,2,5-6H2,(H,11,12)(H2,10,13,14). The van der Waals surface area contributed by atoms with E-state index in [1.54, 1.807) is 0 Å². The molecular formula is C8H12BrN3O2S. The molecule has 0 spiro atoms. The molecule has 1 heterocycles. The Morgan fingerprint density at radius 2 is 2.20 bits per heavy atom. The van der Waals surface area contributed by atoms with Gasteiger partial charge in [0.05, 0.1) is 5.75 Å². The first-order valence-electron chi connectivity index (χ1n) is 4.34. The van der Waals surface area contributed by atoms with Gasteiger partial charge in [0.25, 0.3) is 0 Å². The maximum absolute atomic E-state index is 10.6. The molecule has 0 bridgehead atoms. The Kier molecular flexibility index (Phi) is 4.49. The van der Waals surface area contributed by atoms with Crippen LogP contribution in [0.3, 0.4) is 0 Å². The van der Waals surface area contributed by atoms with Crippen LogP contribution in [0, 0.1) is 0 Å². The van der Waals surface area contributed by atoms with E-state index in [1.165, 1.54) is 0 Å². The van der Waals surface area contributed by atoms with E-state index >= 15 is 0 Å². The molecular weight excluding hydrogens is 282 g/mol. The number of nitrogens with two attached hydrogens (primary N) is 1. The molecule has 3 N–H and O–H groups in total. The van der Waals surface area contributed by atoms with E-state index in [4.69, 9.17) is 5.14 Å². The van der Waals surface area contributed by atoms with Crippen molar-refractivity contribution in [1.82, 2.24) is 4.98 Å². The fourth-order valence-electron chi connectivity index (χ4n) is 0.997. The van der Waals surface area contributed by atoms with Crippen LogP contribution in [0.4, 0.5) is 5.82 Å². The maximum Gasteiger partial charge on any atom is 0.209 e. The number of nitrogens with zero attached hydrogens (tertiary/aromatic N) is 1. The molecule has 1 rings (SSSR count). The first-order chi connectivity index (χ1) is 6.97. The normalized spacial score (nSPS) is 11.3. The molecule has 7 heteroatoms. The summed E-state index contributed by atoms with van der Waals surface area (Å²) >= 11 is 3.24. The Balaban J connectivity index is 2.32. The SMILES string of the molecule is NS(=O)(=O)CCCNc1cccc(Br)n1. The average Bonchev–Trinajstić information content (AvgIpc) is 2.11. The second-order valence-corrected chi connectivity index (χ2v) is 5.54. The van der Waals surface area contributed by atoms with Crippen LogP contribution in [0.25, 0.3) is 0 Å². The minimum atomic E-state index is -3.36. The first kappa shape index (κ1) is 12.4. The van der Waals surface area contributed by atoms with Gasteiger partial charge in [-0.15, -0.1) is 0 Å². The monoisotopic (exact) mass is 293 g/mol. The van der Waals surface area contributed by atoms with Crippen LogP contribution in [0.1, 0.15) is 6.42 Å². The van der Waals surface area contributed by atoms with Gasteiger partial charge < -0.3 is 5.32 Å². The molecule has 0 saturated heterocycles. The van der Waals surface area contributed by atoms with E-state index in [9.17, 15) is 8.42 Å². The second-order valence-electron chi connectivity index (χ2n) is 2.99. The molecule has 0 fully saturated rings. The maximum atomic E-state index is 10.6. The lowest BCUT2D eigenvalue weighted by Crippen LogP contribution is -2.18. The van der Waals surface area contributed by atoms with E-state index in [1.807, 2.05) is 18.2 Å². The molecule has 0 unspecified atom stereocenters. The van der Waals surface area contributed by atoms with Crippen molar-refractivity contribution in [2.45, 2.75) is 6.42 Å². The van der Waals surface area contributed by atoms with E-state index in [-0.39, 0.29) is 5.75 Å². The number of pyridine rings is 1. The number of aromatic nitrogens is 1. The summed E-state index contributed by atoms with van der Waals surface area (Å²) in [6.45, 7) is 0.528. The van der Waals surface area contributed by atoms with Crippen LogP contribution in [0.2, 0.25) is 0 Å². The number of halogens is 1. The molecule has 0 amide bonds. The van der Waals surface area contributed by atoms with Gasteiger partial charge in [-0.25, -0.2) is 18.5 Å². The third-order valence-electron chi connectivity index (χ3n) is 1.63. The lowest BCUT2D eigenvalue weighted by atomic mass is 10.4. The highest BCUT2D eigenvalue weighted by atomic mass is 79.9. The van der Waals surface area contributed by atoms with Gasteiger partial charge in [-0.1, -0.05) is 6.07 Å². The van der Waals surface area contributed by atoms with E-state index in [0.717, 1.165) is 4.60 Å². The summed E-state index contributed by atoms with van der Waals surface area (Å²) in [5.41, 5.74) is 0. The zero-order valence-corrected chi connectivity index (χ0v) is 10.4. The number of hydrogen-bond donors (Lipinski definition) is 2. The fraction of sp³-hybridized carbons (Fsp3) is 0.375. The Morgan fingerprint density at radius 1 is 1.47 bits per heavy atom. The number of anilines is 1. The van der Waals surface area contributed by atoms with Crippen LogP contribution in [0.15, 0.2) is 22.8 Å². The Labute approximate surface area is 97.3 Å². The molecule has 1 aromatic rings. The van der Waals surface area contributed by atoms with Gasteiger partial charge in [-0.3, -0.25) is 0 Å². The zero-order chi connectivity index (χ0) is 11.3. The lowest BCUT2D eigenvalue weighted by Gasteiger charge is -2.04. The lowest BCUT2D eigenvalue weighted by molar-refractivity contribution is 0.595. The topological polar surface area (TPSA) is 85.1 Å². The highest BCUT2D eigenvalue weighted by molar-refractivity contribution is 9.10. The van der Waals surface area contributed by atoms with Crippen LogP contribution in [0.5, 0.6) is 0 Å². The highest BCUT2D eigenvalue weighted by Gasteiger charge is 2.01. The Bertz CT molecular complexity index is 422. The first-order valence-corrected chi connectivity index (χ1v) is 6.85. The summed E-state index contributed by atoms with van der Waals surface area (Å²) in [6, 6.07) is 5.47. The Morgan fingerprint density at radius 3 is 2.80 bits per heavy atom. The quantitative estimate of drug-likeness (QED) is 0.625. The summed E-state index contributed by atoms with van der Waals surface area (Å²) in [7, 11) is -3.36. The predicted octanol–water partition coefficient (Wildman–Crippen LogP) is 0.935. The summed E-state index contributed by atoms with van der Waals surface area (Å²) in [5.74, 6) is 0.687. The van der Waals surface area contributed by atoms with Gasteiger partial charge >= 0.3 is 0 Å². The van der Waals surface area contributed by atoms with Gasteiger partial charge in [0.2, 0.25) is 10.0 Å².